The maximum Gasteiger partial charge on any atom is 0.251 e. The van der Waals surface area contributed by atoms with Gasteiger partial charge in [-0.3, -0.25) is 9.59 Å². The van der Waals surface area contributed by atoms with Crippen LogP contribution in [0.15, 0.2) is 54.6 Å². The van der Waals surface area contributed by atoms with E-state index >= 15 is 0 Å². The molecule has 0 aromatic heterocycles. The van der Waals surface area contributed by atoms with E-state index in [2.05, 4.69) is 35.0 Å². The van der Waals surface area contributed by atoms with Gasteiger partial charge in [0, 0.05) is 24.8 Å². The van der Waals surface area contributed by atoms with Gasteiger partial charge in [0.25, 0.3) is 5.91 Å². The molecule has 0 saturated carbocycles. The number of amides is 2. The summed E-state index contributed by atoms with van der Waals surface area (Å²) in [5.41, 5.74) is 2.49. The van der Waals surface area contributed by atoms with Gasteiger partial charge in [-0.15, -0.1) is 0 Å². The number of hydrogen-bond acceptors (Lipinski definition) is 3. The number of carbonyl (C=O) groups is 2. The monoisotopic (exact) mass is 339 g/mol. The summed E-state index contributed by atoms with van der Waals surface area (Å²) in [5.74, 6) is 0.0134. The minimum atomic E-state index is -0.400. The molecule has 2 amide bonds. The van der Waals surface area contributed by atoms with Crippen molar-refractivity contribution in [1.29, 1.82) is 0 Å². The van der Waals surface area contributed by atoms with Crippen LogP contribution < -0.4 is 16.0 Å². The number of anilines is 1. The third-order valence-corrected chi connectivity index (χ3v) is 4.08. The fraction of sp³-hybridized carbons (Fsp3) is 0.300. The van der Waals surface area contributed by atoms with Crippen LogP contribution in [0.25, 0.3) is 0 Å². The predicted octanol–water partition coefficient (Wildman–Crippen LogP) is 2.77. The van der Waals surface area contributed by atoms with E-state index < -0.39 is 6.04 Å². The Morgan fingerprint density at radius 2 is 1.72 bits per heavy atom. The molecule has 0 unspecified atom stereocenters. The van der Waals surface area contributed by atoms with Crippen LogP contribution in [0.3, 0.4) is 0 Å². The lowest BCUT2D eigenvalue weighted by Crippen LogP contribution is -2.39. The zero-order valence-electron chi connectivity index (χ0n) is 14.9. The first kappa shape index (κ1) is 18.5. The van der Waals surface area contributed by atoms with E-state index in [0.29, 0.717) is 12.1 Å². The molecule has 5 heteroatoms. The van der Waals surface area contributed by atoms with Gasteiger partial charge in [-0.2, -0.15) is 0 Å². The lowest BCUT2D eigenvalue weighted by Gasteiger charge is -2.18. The van der Waals surface area contributed by atoms with E-state index in [0.717, 1.165) is 5.69 Å². The molecule has 2 rings (SSSR count). The summed E-state index contributed by atoms with van der Waals surface area (Å²) in [6.45, 7) is 4.46. The first-order chi connectivity index (χ1) is 12.0. The standard InChI is InChI=1S/C20H25N3O2/c1-14(16-8-5-4-6-9-16)13-22-19(24)15(2)23-18-11-7-10-17(12-18)20(25)21-3/h4-12,14-15,23H,13H2,1-3H3,(H,21,25)(H,22,24)/t14-,15+/m1/s1. The highest BCUT2D eigenvalue weighted by atomic mass is 16.2. The van der Waals surface area contributed by atoms with Crippen LogP contribution in [0, 0.1) is 0 Å². The number of rotatable bonds is 7. The Hall–Kier alpha value is -2.82. The quantitative estimate of drug-likeness (QED) is 0.726. The molecule has 0 bridgehead atoms. The summed E-state index contributed by atoms with van der Waals surface area (Å²) in [7, 11) is 1.59. The van der Waals surface area contributed by atoms with Crippen molar-refractivity contribution in [1.82, 2.24) is 10.6 Å². The minimum absolute atomic E-state index is 0.0758. The third kappa shape index (κ3) is 5.35. The molecule has 0 saturated heterocycles. The number of hydrogen-bond donors (Lipinski definition) is 3. The molecule has 0 radical (unpaired) electrons. The van der Waals surface area contributed by atoms with Crippen molar-refractivity contribution < 1.29 is 9.59 Å². The van der Waals surface area contributed by atoms with Crippen molar-refractivity contribution in [3.05, 3.63) is 65.7 Å². The summed E-state index contributed by atoms with van der Waals surface area (Å²) in [4.78, 5) is 24.0. The zero-order valence-corrected chi connectivity index (χ0v) is 14.9. The summed E-state index contributed by atoms with van der Waals surface area (Å²) in [6.07, 6.45) is 0. The van der Waals surface area contributed by atoms with Gasteiger partial charge in [0.1, 0.15) is 6.04 Å². The second kappa shape index (κ2) is 8.87. The van der Waals surface area contributed by atoms with Gasteiger partial charge in [-0.05, 0) is 36.6 Å². The topological polar surface area (TPSA) is 70.2 Å². The Balaban J connectivity index is 1.89. The van der Waals surface area contributed by atoms with Crippen molar-refractivity contribution in [3.63, 3.8) is 0 Å². The lowest BCUT2D eigenvalue weighted by atomic mass is 10.0. The van der Waals surface area contributed by atoms with Crippen LogP contribution in [0.1, 0.15) is 35.7 Å². The molecule has 0 spiro atoms. The molecule has 2 atom stereocenters. The smallest absolute Gasteiger partial charge is 0.251 e. The van der Waals surface area contributed by atoms with Gasteiger partial charge in [0.15, 0.2) is 0 Å². The maximum atomic E-state index is 12.3. The van der Waals surface area contributed by atoms with Crippen molar-refractivity contribution in [2.75, 3.05) is 18.9 Å². The van der Waals surface area contributed by atoms with Gasteiger partial charge >= 0.3 is 0 Å². The molecule has 2 aromatic rings. The highest BCUT2D eigenvalue weighted by Crippen LogP contribution is 2.14. The number of benzene rings is 2. The molecule has 0 aliphatic heterocycles. The average Bonchev–Trinajstić information content (AvgIpc) is 2.65. The Bertz CT molecular complexity index is 716. The highest BCUT2D eigenvalue weighted by molar-refractivity contribution is 5.95. The molecule has 5 nitrogen and oxygen atoms in total. The lowest BCUT2D eigenvalue weighted by molar-refractivity contribution is -0.121. The molecule has 2 aromatic carbocycles. The normalized spacial score (nSPS) is 12.8. The van der Waals surface area contributed by atoms with E-state index in [9.17, 15) is 9.59 Å². The molecule has 132 valence electrons. The van der Waals surface area contributed by atoms with Crippen LogP contribution in [0.2, 0.25) is 0 Å². The van der Waals surface area contributed by atoms with Crippen LogP contribution in [-0.4, -0.2) is 31.4 Å². The van der Waals surface area contributed by atoms with E-state index in [1.165, 1.54) is 5.56 Å². The van der Waals surface area contributed by atoms with E-state index in [1.807, 2.05) is 24.3 Å². The van der Waals surface area contributed by atoms with Crippen molar-refractivity contribution in [2.45, 2.75) is 25.8 Å². The summed E-state index contributed by atoms with van der Waals surface area (Å²) in [6, 6.07) is 16.8. The Kier molecular flexibility index (Phi) is 6.57. The average molecular weight is 339 g/mol. The van der Waals surface area contributed by atoms with Crippen molar-refractivity contribution >= 4 is 17.5 Å². The first-order valence-electron chi connectivity index (χ1n) is 8.42. The second-order valence-electron chi connectivity index (χ2n) is 6.08. The van der Waals surface area contributed by atoms with Gasteiger partial charge in [0.2, 0.25) is 5.91 Å². The van der Waals surface area contributed by atoms with Crippen LogP contribution in [0.4, 0.5) is 5.69 Å². The Labute approximate surface area is 148 Å². The Morgan fingerprint density at radius 3 is 2.40 bits per heavy atom. The van der Waals surface area contributed by atoms with Crippen LogP contribution in [0.5, 0.6) is 0 Å². The number of nitrogens with one attached hydrogen (secondary N) is 3. The van der Waals surface area contributed by atoms with Gasteiger partial charge in [-0.25, -0.2) is 0 Å². The SMILES string of the molecule is CNC(=O)c1cccc(N[C@@H](C)C(=O)NC[C@@H](C)c2ccccc2)c1. The van der Waals surface area contributed by atoms with Gasteiger partial charge in [0.05, 0.1) is 0 Å². The van der Waals surface area contributed by atoms with Gasteiger partial charge in [-0.1, -0.05) is 43.3 Å². The third-order valence-electron chi connectivity index (χ3n) is 4.08. The predicted molar refractivity (Wildman–Crippen MR) is 101 cm³/mol. The second-order valence-corrected chi connectivity index (χ2v) is 6.08. The van der Waals surface area contributed by atoms with Crippen LogP contribution in [-0.2, 0) is 4.79 Å². The summed E-state index contributed by atoms with van der Waals surface area (Å²) in [5, 5.41) is 8.69. The fourth-order valence-corrected chi connectivity index (χ4v) is 2.52. The molecule has 0 aliphatic carbocycles. The van der Waals surface area contributed by atoms with Crippen LogP contribution >= 0.6 is 0 Å². The van der Waals surface area contributed by atoms with E-state index in [4.69, 9.17) is 0 Å². The summed E-state index contributed by atoms with van der Waals surface area (Å²) >= 11 is 0. The van der Waals surface area contributed by atoms with E-state index in [1.54, 1.807) is 32.2 Å². The van der Waals surface area contributed by atoms with E-state index in [-0.39, 0.29) is 17.7 Å². The molecule has 0 heterocycles. The molecule has 25 heavy (non-hydrogen) atoms. The zero-order chi connectivity index (χ0) is 18.2. The molecular weight excluding hydrogens is 314 g/mol. The van der Waals surface area contributed by atoms with Crippen molar-refractivity contribution in [3.8, 4) is 0 Å². The van der Waals surface area contributed by atoms with Gasteiger partial charge < -0.3 is 16.0 Å². The fourth-order valence-electron chi connectivity index (χ4n) is 2.52. The molecular formula is C20H25N3O2. The minimum Gasteiger partial charge on any atom is -0.374 e. The highest BCUT2D eigenvalue weighted by Gasteiger charge is 2.14. The Morgan fingerprint density at radius 1 is 1.00 bits per heavy atom. The number of carbonyl (C=O) groups excluding carboxylic acids is 2. The first-order valence-corrected chi connectivity index (χ1v) is 8.42. The molecule has 0 aliphatic rings. The molecule has 0 fully saturated rings. The van der Waals surface area contributed by atoms with Crippen molar-refractivity contribution in [2.24, 2.45) is 0 Å². The largest absolute Gasteiger partial charge is 0.374 e. The maximum absolute atomic E-state index is 12.3. The molecule has 3 N–H and O–H groups in total. The summed E-state index contributed by atoms with van der Waals surface area (Å²) < 4.78 is 0.